The maximum atomic E-state index is 4.82. The van der Waals surface area contributed by atoms with Crippen LogP contribution in [0.3, 0.4) is 0 Å². The first kappa shape index (κ1) is 18.4. The van der Waals surface area contributed by atoms with Gasteiger partial charge < -0.3 is 0 Å². The van der Waals surface area contributed by atoms with Crippen LogP contribution in [0.5, 0.6) is 0 Å². The van der Waals surface area contributed by atoms with Crippen LogP contribution in [0.2, 0.25) is 19.6 Å². The van der Waals surface area contributed by atoms with E-state index < -0.39 is 8.07 Å². The van der Waals surface area contributed by atoms with Gasteiger partial charge in [-0.25, -0.2) is 0 Å². The summed E-state index contributed by atoms with van der Waals surface area (Å²) in [5, 5.41) is 4.40. The Kier molecular flexibility index (Phi) is 4.28. The molecule has 4 rings (SSSR count). The Hall–Kier alpha value is -1.97. The van der Waals surface area contributed by atoms with Gasteiger partial charge in [-0.05, 0) is 28.5 Å². The average Bonchev–Trinajstić information content (AvgIpc) is 2.99. The molecule has 0 spiro atoms. The molecule has 0 unspecified atom stereocenters. The molecule has 2 heterocycles. The molecule has 0 amide bonds. The maximum absolute atomic E-state index is 4.82. The zero-order valence-corrected chi connectivity index (χ0v) is 18.9. The van der Waals surface area contributed by atoms with Gasteiger partial charge in [-0.15, -0.1) is 11.3 Å². The highest BCUT2D eigenvalue weighted by molar-refractivity contribution is 7.26. The van der Waals surface area contributed by atoms with E-state index in [-0.39, 0.29) is 5.41 Å². The molecule has 4 aromatic rings. The van der Waals surface area contributed by atoms with Crippen molar-refractivity contribution in [3.05, 3.63) is 60.3 Å². The number of aromatic nitrogens is 1. The van der Waals surface area contributed by atoms with Gasteiger partial charge in [0.2, 0.25) is 0 Å². The Bertz CT molecular complexity index is 1130. The smallest absolute Gasteiger partial charge is 0.0784 e. The summed E-state index contributed by atoms with van der Waals surface area (Å²) >= 11 is 1.91. The van der Waals surface area contributed by atoms with Crippen molar-refractivity contribution in [1.29, 1.82) is 0 Å². The van der Waals surface area contributed by atoms with E-state index >= 15 is 0 Å². The van der Waals surface area contributed by atoms with Gasteiger partial charge >= 0.3 is 0 Å². The lowest BCUT2D eigenvalue weighted by Crippen LogP contribution is -2.37. The first-order valence-electron chi connectivity index (χ1n) is 9.58. The van der Waals surface area contributed by atoms with Crippen molar-refractivity contribution in [2.45, 2.75) is 45.8 Å². The third-order valence-corrected chi connectivity index (χ3v) is 8.47. The number of benzene rings is 2. The highest BCUT2D eigenvalue weighted by Crippen LogP contribution is 2.39. The maximum Gasteiger partial charge on any atom is 0.0784 e. The molecular weight excluding hydrogens is 362 g/mol. The van der Waals surface area contributed by atoms with Crippen molar-refractivity contribution in [2.24, 2.45) is 0 Å². The van der Waals surface area contributed by atoms with Crippen LogP contribution in [0.1, 0.15) is 26.3 Å². The summed E-state index contributed by atoms with van der Waals surface area (Å²) in [4.78, 5) is 4.82. The van der Waals surface area contributed by atoms with Crippen LogP contribution < -0.4 is 5.19 Å². The highest BCUT2D eigenvalue weighted by atomic mass is 32.1. The summed E-state index contributed by atoms with van der Waals surface area (Å²) in [7, 11) is -1.41. The summed E-state index contributed by atoms with van der Waals surface area (Å²) in [6, 6.07) is 17.9. The van der Waals surface area contributed by atoms with Gasteiger partial charge in [-0.2, -0.15) is 0 Å². The molecule has 0 aliphatic rings. The van der Waals surface area contributed by atoms with E-state index in [2.05, 4.69) is 88.9 Å². The molecule has 0 atom stereocenters. The van der Waals surface area contributed by atoms with E-state index in [4.69, 9.17) is 4.98 Å². The summed E-state index contributed by atoms with van der Waals surface area (Å²) in [6.45, 7) is 14.0. The fourth-order valence-electron chi connectivity index (χ4n) is 3.67. The van der Waals surface area contributed by atoms with E-state index in [0.29, 0.717) is 0 Å². The van der Waals surface area contributed by atoms with Crippen LogP contribution in [0.25, 0.3) is 31.4 Å². The molecule has 0 bridgehead atoms. The first-order valence-corrected chi connectivity index (χ1v) is 13.9. The van der Waals surface area contributed by atoms with Gasteiger partial charge in [-0.3, -0.25) is 4.98 Å². The molecule has 0 aliphatic heterocycles. The predicted octanol–water partition coefficient (Wildman–Crippen LogP) is 6.96. The van der Waals surface area contributed by atoms with Crippen molar-refractivity contribution in [3.63, 3.8) is 0 Å². The quantitative estimate of drug-likeness (QED) is 0.338. The van der Waals surface area contributed by atoms with E-state index in [0.717, 1.165) is 5.69 Å². The van der Waals surface area contributed by atoms with Crippen molar-refractivity contribution < 1.29 is 0 Å². The average molecular weight is 390 g/mol. The summed E-state index contributed by atoms with van der Waals surface area (Å²) < 4.78 is 2.75. The Morgan fingerprint density at radius 1 is 0.889 bits per heavy atom. The number of nitrogens with zero attached hydrogens (tertiary/aromatic N) is 1. The SMILES string of the molecule is CC(C)(C)c1ccc(-c2cccc3c2sc2cccc([Si](C)(C)C)c23)nc1. The fourth-order valence-corrected chi connectivity index (χ4v) is 6.63. The van der Waals surface area contributed by atoms with Crippen LogP contribution in [0, 0.1) is 0 Å². The number of thiophene rings is 1. The van der Waals surface area contributed by atoms with E-state index in [9.17, 15) is 0 Å². The fraction of sp³-hybridized carbons (Fsp3) is 0.292. The molecule has 0 saturated carbocycles. The predicted molar refractivity (Wildman–Crippen MR) is 124 cm³/mol. The lowest BCUT2D eigenvalue weighted by molar-refractivity contribution is 0.587. The second-order valence-electron chi connectivity index (χ2n) is 9.40. The molecule has 138 valence electrons. The summed E-state index contributed by atoms with van der Waals surface area (Å²) in [5.41, 5.74) is 3.71. The number of hydrogen-bond acceptors (Lipinski definition) is 2. The molecule has 1 nitrogen and oxygen atoms in total. The van der Waals surface area contributed by atoms with Crippen LogP contribution >= 0.6 is 11.3 Å². The minimum Gasteiger partial charge on any atom is -0.256 e. The zero-order valence-electron chi connectivity index (χ0n) is 17.1. The molecular formula is C24H27NSSi. The molecule has 27 heavy (non-hydrogen) atoms. The monoisotopic (exact) mass is 389 g/mol. The third-order valence-electron chi connectivity index (χ3n) is 5.24. The first-order chi connectivity index (χ1) is 12.7. The van der Waals surface area contributed by atoms with Gasteiger partial charge in [-0.1, -0.05) is 82.0 Å². The number of fused-ring (bicyclic) bond motifs is 3. The van der Waals surface area contributed by atoms with Gasteiger partial charge in [0.1, 0.15) is 0 Å². The largest absolute Gasteiger partial charge is 0.256 e. The van der Waals surface area contributed by atoms with E-state index in [1.807, 2.05) is 17.5 Å². The Balaban J connectivity index is 1.96. The van der Waals surface area contributed by atoms with Gasteiger partial charge in [0.15, 0.2) is 0 Å². The van der Waals surface area contributed by atoms with Crippen LogP contribution in [0.4, 0.5) is 0 Å². The van der Waals surface area contributed by atoms with Gasteiger partial charge in [0, 0.05) is 26.5 Å². The Morgan fingerprint density at radius 2 is 1.63 bits per heavy atom. The summed E-state index contributed by atoms with van der Waals surface area (Å²) in [5.74, 6) is 0. The molecule has 2 aromatic carbocycles. The van der Waals surface area contributed by atoms with Crippen molar-refractivity contribution in [2.75, 3.05) is 0 Å². The Labute approximate surface area is 167 Å². The van der Waals surface area contributed by atoms with Crippen LogP contribution in [0.15, 0.2) is 54.7 Å². The summed E-state index contributed by atoms with van der Waals surface area (Å²) in [6.07, 6.45) is 2.04. The number of rotatable bonds is 2. The highest BCUT2D eigenvalue weighted by Gasteiger charge is 2.22. The third kappa shape index (κ3) is 3.24. The van der Waals surface area contributed by atoms with Crippen molar-refractivity contribution in [3.8, 4) is 11.3 Å². The van der Waals surface area contributed by atoms with Gasteiger partial charge in [0.05, 0.1) is 13.8 Å². The van der Waals surface area contributed by atoms with E-state index in [1.165, 1.54) is 31.3 Å². The minimum absolute atomic E-state index is 0.126. The molecule has 2 aromatic heterocycles. The topological polar surface area (TPSA) is 12.9 Å². The lowest BCUT2D eigenvalue weighted by atomic mass is 9.88. The van der Waals surface area contributed by atoms with E-state index in [1.54, 1.807) is 5.19 Å². The minimum atomic E-state index is -1.41. The van der Waals surface area contributed by atoms with Crippen molar-refractivity contribution in [1.82, 2.24) is 4.98 Å². The normalized spacial score (nSPS) is 12.8. The molecule has 0 radical (unpaired) electrons. The van der Waals surface area contributed by atoms with Crippen LogP contribution in [-0.2, 0) is 5.41 Å². The second-order valence-corrected chi connectivity index (χ2v) is 15.5. The molecule has 3 heteroatoms. The number of pyridine rings is 1. The lowest BCUT2D eigenvalue weighted by Gasteiger charge is -2.18. The zero-order chi connectivity index (χ0) is 19.4. The molecule has 0 N–H and O–H groups in total. The Morgan fingerprint density at radius 3 is 2.26 bits per heavy atom. The van der Waals surface area contributed by atoms with Crippen molar-refractivity contribution >= 4 is 44.8 Å². The molecule has 0 aliphatic carbocycles. The number of hydrogen-bond donors (Lipinski definition) is 0. The van der Waals surface area contributed by atoms with Crippen LogP contribution in [-0.4, -0.2) is 13.1 Å². The second kappa shape index (κ2) is 6.28. The standard InChI is InChI=1S/C24H27NSSi/c1-24(2,3)16-13-14-19(25-15-16)17-9-7-10-18-22-20(26-23(17)18)11-8-12-21(22)27(4,5)6/h7-15H,1-6H3. The van der Waals surface area contributed by atoms with Gasteiger partial charge in [0.25, 0.3) is 0 Å². The molecule has 0 saturated heterocycles. The molecule has 0 fully saturated rings.